The van der Waals surface area contributed by atoms with Crippen molar-refractivity contribution in [2.45, 2.75) is 24.3 Å². The Morgan fingerprint density at radius 1 is 1.27 bits per heavy atom. The highest BCUT2D eigenvalue weighted by molar-refractivity contribution is 7.89. The Hall–Kier alpha value is -1.92. The van der Waals surface area contributed by atoms with Gasteiger partial charge in [-0.05, 0) is 25.5 Å². The van der Waals surface area contributed by atoms with Gasteiger partial charge in [0, 0.05) is 6.54 Å². The highest BCUT2D eigenvalue weighted by atomic mass is 32.2. The number of esters is 1. The van der Waals surface area contributed by atoms with Crippen LogP contribution in [0.3, 0.4) is 0 Å². The van der Waals surface area contributed by atoms with Crippen LogP contribution in [0.1, 0.15) is 12.0 Å². The zero-order valence-corrected chi connectivity index (χ0v) is 13.7. The van der Waals surface area contributed by atoms with Crippen molar-refractivity contribution in [1.82, 2.24) is 4.31 Å². The first-order valence-electron chi connectivity index (χ1n) is 6.76. The average Bonchev–Trinajstić information content (AvgIpc) is 2.50. The van der Waals surface area contributed by atoms with Crippen LogP contribution in [0, 0.1) is 6.92 Å². The zero-order chi connectivity index (χ0) is 16.8. The van der Waals surface area contributed by atoms with E-state index < -0.39 is 22.0 Å². The highest BCUT2D eigenvalue weighted by Crippen LogP contribution is 2.21. The van der Waals surface area contributed by atoms with Gasteiger partial charge in [-0.1, -0.05) is 29.8 Å². The number of benzene rings is 1. The van der Waals surface area contributed by atoms with Crippen LogP contribution in [0.15, 0.2) is 54.5 Å². The minimum Gasteiger partial charge on any atom is -0.468 e. The van der Waals surface area contributed by atoms with Gasteiger partial charge in [0.25, 0.3) is 0 Å². The molecule has 0 spiro atoms. The van der Waals surface area contributed by atoms with Crippen molar-refractivity contribution in [3.8, 4) is 0 Å². The van der Waals surface area contributed by atoms with Crippen molar-refractivity contribution in [3.05, 3.63) is 55.1 Å². The van der Waals surface area contributed by atoms with Gasteiger partial charge < -0.3 is 4.74 Å². The van der Waals surface area contributed by atoms with Crippen LogP contribution in [-0.2, 0) is 19.6 Å². The van der Waals surface area contributed by atoms with Crippen molar-refractivity contribution in [1.29, 1.82) is 0 Å². The maximum atomic E-state index is 12.8. The summed E-state index contributed by atoms with van der Waals surface area (Å²) in [4.78, 5) is 12.1. The first-order chi connectivity index (χ1) is 10.4. The van der Waals surface area contributed by atoms with E-state index in [1.165, 1.54) is 31.4 Å². The van der Waals surface area contributed by atoms with Crippen LogP contribution in [0.5, 0.6) is 0 Å². The minimum absolute atomic E-state index is 0.00379. The molecule has 1 atom stereocenters. The molecule has 6 heteroatoms. The Morgan fingerprint density at radius 2 is 1.86 bits per heavy atom. The number of methoxy groups -OCH3 is 1. The van der Waals surface area contributed by atoms with Gasteiger partial charge >= 0.3 is 5.97 Å². The van der Waals surface area contributed by atoms with Gasteiger partial charge in [-0.2, -0.15) is 4.31 Å². The van der Waals surface area contributed by atoms with E-state index in [1.807, 2.05) is 6.92 Å². The van der Waals surface area contributed by atoms with Crippen molar-refractivity contribution in [2.75, 3.05) is 13.7 Å². The van der Waals surface area contributed by atoms with Crippen molar-refractivity contribution in [2.24, 2.45) is 0 Å². The lowest BCUT2D eigenvalue weighted by molar-refractivity contribution is -0.144. The predicted octanol–water partition coefficient (Wildman–Crippen LogP) is 2.29. The van der Waals surface area contributed by atoms with Gasteiger partial charge in [0.15, 0.2) is 0 Å². The molecule has 0 heterocycles. The fourth-order valence-corrected chi connectivity index (χ4v) is 3.55. The standard InChI is InChI=1S/C16H21NO4S/c1-5-7-15(16(18)21-4)17(12-6-2)22(19,20)14-10-8-13(3)9-11-14/h5-6,8-11,15H,1-2,7,12H2,3-4H3/t15-/m0/s1. The molecule has 0 bridgehead atoms. The van der Waals surface area contributed by atoms with Gasteiger partial charge in [-0.3, -0.25) is 4.79 Å². The van der Waals surface area contributed by atoms with E-state index in [4.69, 9.17) is 4.74 Å². The molecule has 0 saturated carbocycles. The molecule has 22 heavy (non-hydrogen) atoms. The number of carbonyl (C=O) groups excluding carboxylic acids is 1. The largest absolute Gasteiger partial charge is 0.468 e. The Balaban J connectivity index is 3.31. The summed E-state index contributed by atoms with van der Waals surface area (Å²) in [6.45, 7) is 9.01. The smallest absolute Gasteiger partial charge is 0.324 e. The summed E-state index contributed by atoms with van der Waals surface area (Å²) >= 11 is 0. The SMILES string of the molecule is C=CC[C@@H](C(=O)OC)N(CC=C)S(=O)(=O)c1ccc(C)cc1. The molecule has 0 N–H and O–H groups in total. The zero-order valence-electron chi connectivity index (χ0n) is 12.9. The second kappa shape index (κ2) is 7.91. The molecule has 5 nitrogen and oxygen atoms in total. The molecule has 0 saturated heterocycles. The molecule has 1 rings (SSSR count). The van der Waals surface area contributed by atoms with E-state index >= 15 is 0 Å². The predicted molar refractivity (Wildman–Crippen MR) is 85.9 cm³/mol. The highest BCUT2D eigenvalue weighted by Gasteiger charge is 2.35. The molecule has 0 aliphatic heterocycles. The monoisotopic (exact) mass is 323 g/mol. The maximum absolute atomic E-state index is 12.8. The molecule has 120 valence electrons. The van der Waals surface area contributed by atoms with E-state index in [0.29, 0.717) is 0 Å². The third-order valence-corrected chi connectivity index (χ3v) is 5.04. The fourth-order valence-electron chi connectivity index (χ4n) is 1.99. The molecule has 0 amide bonds. The molecule has 0 radical (unpaired) electrons. The number of rotatable bonds is 8. The van der Waals surface area contributed by atoms with Crippen molar-refractivity contribution >= 4 is 16.0 Å². The molecular weight excluding hydrogens is 302 g/mol. The number of hydrogen-bond acceptors (Lipinski definition) is 4. The van der Waals surface area contributed by atoms with Crippen LogP contribution in [-0.4, -0.2) is 38.4 Å². The number of aryl methyl sites for hydroxylation is 1. The summed E-state index contributed by atoms with van der Waals surface area (Å²) in [5.74, 6) is -0.627. The Labute approximate surface area is 131 Å². The minimum atomic E-state index is -3.84. The number of nitrogens with zero attached hydrogens (tertiary/aromatic N) is 1. The fraction of sp³-hybridized carbons (Fsp3) is 0.312. The lowest BCUT2D eigenvalue weighted by Crippen LogP contribution is -2.45. The average molecular weight is 323 g/mol. The quantitative estimate of drug-likeness (QED) is 0.544. The van der Waals surface area contributed by atoms with Gasteiger partial charge in [0.2, 0.25) is 10.0 Å². The van der Waals surface area contributed by atoms with Gasteiger partial charge in [-0.15, -0.1) is 13.2 Å². The number of carbonyl (C=O) groups is 1. The normalized spacial score (nSPS) is 12.7. The summed E-state index contributed by atoms with van der Waals surface area (Å²) in [6, 6.07) is 5.48. The molecule has 0 aromatic heterocycles. The molecule has 0 unspecified atom stereocenters. The van der Waals surface area contributed by atoms with Crippen LogP contribution < -0.4 is 0 Å². The molecule has 0 aliphatic carbocycles. The van der Waals surface area contributed by atoms with Crippen LogP contribution in [0.2, 0.25) is 0 Å². The lowest BCUT2D eigenvalue weighted by Gasteiger charge is -2.27. The van der Waals surface area contributed by atoms with Crippen LogP contribution in [0.25, 0.3) is 0 Å². The molecule has 1 aromatic rings. The topological polar surface area (TPSA) is 63.7 Å². The summed E-state index contributed by atoms with van der Waals surface area (Å²) < 4.78 is 31.4. The first-order valence-corrected chi connectivity index (χ1v) is 8.20. The summed E-state index contributed by atoms with van der Waals surface area (Å²) in [5, 5.41) is 0. The summed E-state index contributed by atoms with van der Waals surface area (Å²) in [7, 11) is -2.62. The second-order valence-corrected chi connectivity index (χ2v) is 6.63. The Morgan fingerprint density at radius 3 is 2.32 bits per heavy atom. The Bertz CT molecular complexity index is 635. The van der Waals surface area contributed by atoms with Crippen LogP contribution in [0.4, 0.5) is 0 Å². The summed E-state index contributed by atoms with van der Waals surface area (Å²) in [6.07, 6.45) is 3.08. The first kappa shape index (κ1) is 18.1. The summed E-state index contributed by atoms with van der Waals surface area (Å²) in [5.41, 5.74) is 0.949. The van der Waals surface area contributed by atoms with E-state index in [0.717, 1.165) is 9.87 Å². The third kappa shape index (κ3) is 4.05. The number of sulfonamides is 1. The molecule has 1 aromatic carbocycles. The van der Waals surface area contributed by atoms with E-state index in [1.54, 1.807) is 12.1 Å². The van der Waals surface area contributed by atoms with Crippen LogP contribution >= 0.6 is 0 Å². The second-order valence-electron chi connectivity index (χ2n) is 4.74. The van der Waals surface area contributed by atoms with Gasteiger partial charge in [-0.25, -0.2) is 8.42 Å². The number of hydrogen-bond donors (Lipinski definition) is 0. The third-order valence-electron chi connectivity index (χ3n) is 3.15. The van der Waals surface area contributed by atoms with Gasteiger partial charge in [0.1, 0.15) is 6.04 Å². The Kier molecular flexibility index (Phi) is 6.52. The number of ether oxygens (including phenoxy) is 1. The van der Waals surface area contributed by atoms with Crippen molar-refractivity contribution < 1.29 is 17.9 Å². The van der Waals surface area contributed by atoms with Gasteiger partial charge in [0.05, 0.1) is 12.0 Å². The van der Waals surface area contributed by atoms with E-state index in [-0.39, 0.29) is 17.9 Å². The molecular formula is C16H21NO4S. The lowest BCUT2D eigenvalue weighted by atomic mass is 10.2. The molecule has 0 fully saturated rings. The molecule has 0 aliphatic rings. The van der Waals surface area contributed by atoms with E-state index in [9.17, 15) is 13.2 Å². The maximum Gasteiger partial charge on any atom is 0.324 e. The van der Waals surface area contributed by atoms with Crippen molar-refractivity contribution in [3.63, 3.8) is 0 Å². The van der Waals surface area contributed by atoms with E-state index in [2.05, 4.69) is 13.2 Å².